The van der Waals surface area contributed by atoms with Crippen molar-refractivity contribution < 1.29 is 48.1 Å². The van der Waals surface area contributed by atoms with Crippen LogP contribution in [0, 0.1) is 6.92 Å². The average molecular weight is 1080 g/mol. The van der Waals surface area contributed by atoms with E-state index in [1.54, 1.807) is 37.1 Å². The second-order valence-corrected chi connectivity index (χ2v) is 22.0. The third kappa shape index (κ3) is 15.1. The Labute approximate surface area is 467 Å². The van der Waals surface area contributed by atoms with Crippen molar-refractivity contribution in [2.24, 2.45) is 0 Å². The van der Waals surface area contributed by atoms with Crippen molar-refractivity contribution in [2.45, 2.75) is 174 Å². The van der Waals surface area contributed by atoms with E-state index in [-0.39, 0.29) is 64.9 Å². The Morgan fingerprint density at radius 3 is 2.16 bits per heavy atom. The van der Waals surface area contributed by atoms with Crippen molar-refractivity contribution in [1.29, 1.82) is 0 Å². The maximum atomic E-state index is 14.1. The van der Waals surface area contributed by atoms with E-state index in [1.165, 1.54) is 17.7 Å². The lowest BCUT2D eigenvalue weighted by atomic mass is 9.61. The molecule has 4 aromatic rings. The average Bonchev–Trinajstić information content (AvgIpc) is 3.95. The highest BCUT2D eigenvalue weighted by molar-refractivity contribution is 6.09. The highest BCUT2D eigenvalue weighted by atomic mass is 16.6. The molecule has 4 unspecified atom stereocenters. The van der Waals surface area contributed by atoms with E-state index in [0.717, 1.165) is 39.8 Å². The van der Waals surface area contributed by atoms with Gasteiger partial charge in [0.15, 0.2) is 5.60 Å². The second-order valence-electron chi connectivity index (χ2n) is 22.0. The molecule has 1 spiro atoms. The molecule has 5 atom stereocenters. The number of rotatable bonds is 29. The van der Waals surface area contributed by atoms with Crippen LogP contribution in [0.25, 0.3) is 0 Å². The van der Waals surface area contributed by atoms with Gasteiger partial charge in [0.1, 0.15) is 11.8 Å². The molecule has 0 radical (unpaired) electrons. The Bertz CT molecular complexity index is 2860. The summed E-state index contributed by atoms with van der Waals surface area (Å²) in [7, 11) is 1.70. The molecular weight excluding hydrogens is 999 g/mol. The fourth-order valence-electron chi connectivity index (χ4n) is 10.8. The van der Waals surface area contributed by atoms with Crippen LogP contribution in [0.15, 0.2) is 90.5 Å². The number of esters is 2. The van der Waals surface area contributed by atoms with Crippen molar-refractivity contribution in [2.75, 3.05) is 26.7 Å². The number of benzene rings is 4. The van der Waals surface area contributed by atoms with Crippen LogP contribution < -0.4 is 21.3 Å². The quantitative estimate of drug-likeness (QED) is 0.0150. The number of carbonyl (C=O) groups is 7. The molecule has 15 heteroatoms. The molecule has 2 aliphatic rings. The minimum Gasteiger partial charge on any atom is -0.508 e. The van der Waals surface area contributed by atoms with Crippen LogP contribution in [0.2, 0.25) is 0 Å². The van der Waals surface area contributed by atoms with Crippen molar-refractivity contribution in [3.05, 3.63) is 146 Å². The predicted molar refractivity (Wildman–Crippen MR) is 306 cm³/mol. The molecule has 0 saturated carbocycles. The van der Waals surface area contributed by atoms with Crippen LogP contribution >= 0.6 is 0 Å². The first kappa shape index (κ1) is 60.9. The first-order valence-electron chi connectivity index (χ1n) is 28.3. The number of nitrogens with one attached hydrogen (secondary N) is 4. The number of hydrogen-bond acceptors (Lipinski definition) is 10. The largest absolute Gasteiger partial charge is 0.508 e. The predicted octanol–water partition coefficient (Wildman–Crippen LogP) is 10.2. The van der Waals surface area contributed by atoms with Gasteiger partial charge in [0.25, 0.3) is 5.91 Å². The van der Waals surface area contributed by atoms with Crippen molar-refractivity contribution in [3.63, 3.8) is 0 Å². The minimum absolute atomic E-state index is 0.0613. The maximum absolute atomic E-state index is 14.1. The summed E-state index contributed by atoms with van der Waals surface area (Å²) in [5, 5.41) is 21.1. The fraction of sp³-hybridized carbons (Fsp3) is 0.484. The summed E-state index contributed by atoms with van der Waals surface area (Å²) >= 11 is 0. The van der Waals surface area contributed by atoms with Gasteiger partial charge in [-0.1, -0.05) is 112 Å². The number of aryl methyl sites for hydroxylation is 1. The molecule has 1 aliphatic heterocycles. The number of allylic oxidation sites excluding steroid dienone is 2. The number of amides is 5. The van der Waals surface area contributed by atoms with Crippen LogP contribution in [-0.2, 0) is 44.5 Å². The van der Waals surface area contributed by atoms with Gasteiger partial charge in [0.05, 0.1) is 29.7 Å². The van der Waals surface area contributed by atoms with E-state index >= 15 is 0 Å². The lowest BCUT2D eigenvalue weighted by Crippen LogP contribution is -2.47. The van der Waals surface area contributed by atoms with Crippen LogP contribution in [0.1, 0.15) is 209 Å². The summed E-state index contributed by atoms with van der Waals surface area (Å²) in [6.07, 6.45) is 8.96. The molecule has 6 rings (SSSR count). The summed E-state index contributed by atoms with van der Waals surface area (Å²) in [5.74, 6) is -1.38. The summed E-state index contributed by atoms with van der Waals surface area (Å²) in [6.45, 7) is 17.8. The molecule has 424 valence electrons. The summed E-state index contributed by atoms with van der Waals surface area (Å²) in [5.41, 5.74) is 7.69. The summed E-state index contributed by atoms with van der Waals surface area (Å²) < 4.78 is 12.2. The lowest BCUT2D eigenvalue weighted by molar-refractivity contribution is -0.149. The van der Waals surface area contributed by atoms with Gasteiger partial charge in [-0.15, -0.1) is 0 Å². The van der Waals surface area contributed by atoms with Crippen LogP contribution in [0.4, 0.5) is 0 Å². The molecule has 1 aliphatic carbocycles. The van der Waals surface area contributed by atoms with E-state index in [1.807, 2.05) is 32.1 Å². The number of fused-ring (bicyclic) bond motifs is 6. The number of aromatic hydroxyl groups is 1. The Morgan fingerprint density at radius 2 is 1.46 bits per heavy atom. The standard InChI is InChI=1S/C64H83N5O10/c1-10-43(5)46-29-33-50-53(38-46)63(7,8)52-37-42(4)25-32-49(52)64(50)51-22-18-21-48(59(51)62(77)79-64)60(75)66-36-15-12-13-24-56(72)65-35-16-14-23-54(61(76)69(9)11-2)68-57(73)34-26-41(3)19-17-20-44(6)78-58(74)39-55(67-40-70)45-27-30-47(71)31-28-45/h18-19,21-22,25,27-33,37-38,40,43-44,54-55,71H,10-17,20,23-24,26,34-36,39H2,1-9H3,(H,65,72)(H,66,75)(H,67,70)(H,68,73)/b41-19+/t43?,44-,54?,55?,64?/m0/s1. The lowest BCUT2D eigenvalue weighted by Gasteiger charge is -2.45. The van der Waals surface area contributed by atoms with E-state index in [0.29, 0.717) is 107 Å². The monoisotopic (exact) mass is 1080 g/mol. The van der Waals surface area contributed by atoms with Crippen molar-refractivity contribution in [3.8, 4) is 5.75 Å². The molecule has 0 bridgehead atoms. The number of hydrogen-bond donors (Lipinski definition) is 5. The van der Waals surface area contributed by atoms with Gasteiger partial charge in [-0.3, -0.25) is 28.8 Å². The smallest absolute Gasteiger partial charge is 0.340 e. The Morgan fingerprint density at radius 1 is 0.772 bits per heavy atom. The van der Waals surface area contributed by atoms with E-state index in [9.17, 15) is 38.7 Å². The number of nitrogens with zero attached hydrogens (tertiary/aromatic N) is 1. The number of ether oxygens (including phenoxy) is 2. The zero-order chi connectivity index (χ0) is 57.4. The molecule has 5 N–H and O–H groups in total. The third-order valence-corrected chi connectivity index (χ3v) is 15.8. The molecule has 15 nitrogen and oxygen atoms in total. The van der Waals surface area contributed by atoms with Crippen LogP contribution in [0.5, 0.6) is 5.75 Å². The van der Waals surface area contributed by atoms with Gasteiger partial charge in [0.2, 0.25) is 24.1 Å². The first-order valence-corrected chi connectivity index (χ1v) is 28.3. The topological polar surface area (TPSA) is 210 Å². The molecular formula is C64H83N5O10. The molecule has 0 aromatic heterocycles. The van der Waals surface area contributed by atoms with Gasteiger partial charge >= 0.3 is 11.9 Å². The van der Waals surface area contributed by atoms with Gasteiger partial charge in [-0.25, -0.2) is 4.79 Å². The van der Waals surface area contributed by atoms with Crippen LogP contribution in [-0.4, -0.2) is 90.8 Å². The molecule has 1 heterocycles. The molecule has 5 amide bonds. The number of phenols is 1. The third-order valence-electron chi connectivity index (χ3n) is 15.8. The maximum Gasteiger partial charge on any atom is 0.340 e. The summed E-state index contributed by atoms with van der Waals surface area (Å²) in [4.78, 5) is 92.5. The Hall–Kier alpha value is -7.29. The SMILES string of the molecule is CCC(C)c1ccc2c(c1)C(C)(C)c1cc(C)ccc1C21OC(=O)c2c(C(=O)NCCCCCC(=O)NCCCCC(NC(=O)CC/C(C)=C/CC[C@H](C)OC(=O)CC(NC=O)c3ccc(O)cc3)C(=O)N(C)CC)cccc21. The zero-order valence-electron chi connectivity index (χ0n) is 47.9. The molecule has 0 saturated heterocycles. The Balaban J connectivity index is 0.902. The number of likely N-dealkylation sites (N-methyl/N-ethyl adjacent to an activating group) is 1. The van der Waals surface area contributed by atoms with Gasteiger partial charge in [-0.2, -0.15) is 0 Å². The first-order chi connectivity index (χ1) is 37.7. The molecule has 4 aromatic carbocycles. The van der Waals surface area contributed by atoms with Gasteiger partial charge in [-0.05, 0) is 132 Å². The van der Waals surface area contributed by atoms with E-state index in [4.69, 9.17) is 9.47 Å². The van der Waals surface area contributed by atoms with Crippen molar-refractivity contribution >= 4 is 42.0 Å². The highest BCUT2D eigenvalue weighted by Gasteiger charge is 2.56. The van der Waals surface area contributed by atoms with Gasteiger partial charge in [0, 0.05) is 61.6 Å². The zero-order valence-corrected chi connectivity index (χ0v) is 47.9. The van der Waals surface area contributed by atoms with Crippen molar-refractivity contribution in [1.82, 2.24) is 26.2 Å². The summed E-state index contributed by atoms with van der Waals surface area (Å²) in [6, 6.07) is 23.3. The van der Waals surface area contributed by atoms with Gasteiger partial charge < -0.3 is 40.7 Å². The minimum atomic E-state index is -1.20. The number of unbranched alkanes of at least 4 members (excludes halogenated alkanes) is 3. The molecule has 79 heavy (non-hydrogen) atoms. The molecule has 0 fully saturated rings. The highest BCUT2D eigenvalue weighted by Crippen LogP contribution is 2.57. The Kier molecular flexibility index (Phi) is 21.6. The number of carbonyl (C=O) groups excluding carboxylic acids is 7. The van der Waals surface area contributed by atoms with Crippen LogP contribution in [0.3, 0.4) is 0 Å². The number of phenolic OH excluding ortho intramolecular Hbond substituents is 1. The fourth-order valence-corrected chi connectivity index (χ4v) is 10.8. The normalized spacial score (nSPS) is 16.5. The second kappa shape index (κ2) is 28.0. The van der Waals surface area contributed by atoms with E-state index < -0.39 is 29.6 Å². The van der Waals surface area contributed by atoms with E-state index in [2.05, 4.69) is 92.3 Å².